The SMILES string of the molecule is CC(CCBr)CNC(=O)c1ccn(C)c(=O)c1. The molecule has 0 fully saturated rings. The molecule has 0 saturated heterocycles. The van der Waals surface area contributed by atoms with E-state index in [1.54, 1.807) is 19.3 Å². The molecule has 0 radical (unpaired) electrons. The minimum Gasteiger partial charge on any atom is -0.352 e. The van der Waals surface area contributed by atoms with Crippen molar-refractivity contribution >= 4 is 21.8 Å². The van der Waals surface area contributed by atoms with Crippen molar-refractivity contribution in [1.29, 1.82) is 0 Å². The summed E-state index contributed by atoms with van der Waals surface area (Å²) in [5.41, 5.74) is 0.241. The van der Waals surface area contributed by atoms with E-state index >= 15 is 0 Å². The summed E-state index contributed by atoms with van der Waals surface area (Å²) in [6.45, 7) is 2.70. The smallest absolute Gasteiger partial charge is 0.251 e. The largest absolute Gasteiger partial charge is 0.352 e. The van der Waals surface area contributed by atoms with Crippen LogP contribution in [0.3, 0.4) is 0 Å². The van der Waals surface area contributed by atoms with Crippen LogP contribution < -0.4 is 10.9 Å². The van der Waals surface area contributed by atoms with Gasteiger partial charge in [-0.15, -0.1) is 0 Å². The molecule has 0 bridgehead atoms. The number of rotatable bonds is 5. The molecule has 5 heteroatoms. The molecule has 0 aliphatic rings. The number of hydrogen-bond acceptors (Lipinski definition) is 2. The van der Waals surface area contributed by atoms with Gasteiger partial charge < -0.3 is 9.88 Å². The van der Waals surface area contributed by atoms with Crippen LogP contribution in [0.4, 0.5) is 0 Å². The second-order valence-corrected chi connectivity index (χ2v) is 4.95. The van der Waals surface area contributed by atoms with E-state index in [1.165, 1.54) is 10.6 Å². The van der Waals surface area contributed by atoms with Crippen molar-refractivity contribution in [3.63, 3.8) is 0 Å². The van der Waals surface area contributed by atoms with Gasteiger partial charge in [-0.25, -0.2) is 0 Å². The highest BCUT2D eigenvalue weighted by Crippen LogP contribution is 2.03. The van der Waals surface area contributed by atoms with Crippen molar-refractivity contribution in [2.75, 3.05) is 11.9 Å². The van der Waals surface area contributed by atoms with Crippen LogP contribution in [0.1, 0.15) is 23.7 Å². The Balaban J connectivity index is 2.58. The molecular formula is C12H17BrN2O2. The molecule has 1 heterocycles. The number of aryl methyl sites for hydroxylation is 1. The standard InChI is InChI=1S/C12H17BrN2O2/c1-9(3-5-13)8-14-12(17)10-4-6-15(2)11(16)7-10/h4,6-7,9H,3,5,8H2,1-2H3,(H,14,17). The molecule has 1 N–H and O–H groups in total. The van der Waals surface area contributed by atoms with Gasteiger partial charge in [0.2, 0.25) is 0 Å². The number of hydrogen-bond donors (Lipinski definition) is 1. The van der Waals surface area contributed by atoms with E-state index in [9.17, 15) is 9.59 Å². The number of aromatic nitrogens is 1. The van der Waals surface area contributed by atoms with Crippen LogP contribution in [-0.2, 0) is 7.05 Å². The maximum Gasteiger partial charge on any atom is 0.251 e. The molecular weight excluding hydrogens is 284 g/mol. The van der Waals surface area contributed by atoms with Gasteiger partial charge in [0.05, 0.1) is 0 Å². The summed E-state index contributed by atoms with van der Waals surface area (Å²) in [4.78, 5) is 23.1. The Morgan fingerprint density at radius 1 is 1.59 bits per heavy atom. The highest BCUT2D eigenvalue weighted by atomic mass is 79.9. The average molecular weight is 301 g/mol. The summed E-state index contributed by atoms with van der Waals surface area (Å²) >= 11 is 3.36. The van der Waals surface area contributed by atoms with Gasteiger partial charge in [0, 0.05) is 36.7 Å². The quantitative estimate of drug-likeness (QED) is 0.839. The first-order valence-electron chi connectivity index (χ1n) is 5.55. The van der Waals surface area contributed by atoms with Gasteiger partial charge in [0.1, 0.15) is 0 Å². The van der Waals surface area contributed by atoms with Crippen molar-refractivity contribution in [2.45, 2.75) is 13.3 Å². The van der Waals surface area contributed by atoms with Gasteiger partial charge in [-0.1, -0.05) is 22.9 Å². The lowest BCUT2D eigenvalue weighted by atomic mass is 10.1. The highest BCUT2D eigenvalue weighted by molar-refractivity contribution is 9.09. The van der Waals surface area contributed by atoms with Crippen LogP contribution in [0.25, 0.3) is 0 Å². The third kappa shape index (κ3) is 4.34. The predicted molar refractivity (Wildman–Crippen MR) is 71.6 cm³/mol. The number of nitrogens with zero attached hydrogens (tertiary/aromatic N) is 1. The van der Waals surface area contributed by atoms with Gasteiger partial charge >= 0.3 is 0 Å². The lowest BCUT2D eigenvalue weighted by Gasteiger charge is -2.11. The lowest BCUT2D eigenvalue weighted by molar-refractivity contribution is 0.0947. The Kier molecular flexibility index (Phi) is 5.41. The molecule has 1 atom stereocenters. The Morgan fingerprint density at radius 3 is 2.88 bits per heavy atom. The molecule has 0 aliphatic heterocycles. The van der Waals surface area contributed by atoms with E-state index in [1.807, 2.05) is 0 Å². The van der Waals surface area contributed by atoms with Gasteiger partial charge in [0.25, 0.3) is 11.5 Å². The van der Waals surface area contributed by atoms with Crippen LogP contribution in [-0.4, -0.2) is 22.3 Å². The Labute approximate surface area is 109 Å². The highest BCUT2D eigenvalue weighted by Gasteiger charge is 2.08. The topological polar surface area (TPSA) is 51.1 Å². The Bertz CT molecular complexity index is 442. The van der Waals surface area contributed by atoms with Crippen molar-refractivity contribution < 1.29 is 4.79 Å². The van der Waals surface area contributed by atoms with Crippen LogP contribution in [0.15, 0.2) is 23.1 Å². The van der Waals surface area contributed by atoms with Gasteiger partial charge in [-0.3, -0.25) is 9.59 Å². The van der Waals surface area contributed by atoms with E-state index in [-0.39, 0.29) is 11.5 Å². The third-order valence-electron chi connectivity index (χ3n) is 2.58. The van der Waals surface area contributed by atoms with Gasteiger partial charge in [0.15, 0.2) is 0 Å². The van der Waals surface area contributed by atoms with E-state index in [0.717, 1.165) is 11.8 Å². The first-order chi connectivity index (χ1) is 8.04. The summed E-state index contributed by atoms with van der Waals surface area (Å²) in [5, 5.41) is 3.75. The summed E-state index contributed by atoms with van der Waals surface area (Å²) in [6.07, 6.45) is 2.61. The van der Waals surface area contributed by atoms with Gasteiger partial charge in [-0.2, -0.15) is 0 Å². The zero-order valence-corrected chi connectivity index (χ0v) is 11.7. The molecule has 0 saturated carbocycles. The minimum atomic E-state index is -0.191. The summed E-state index contributed by atoms with van der Waals surface area (Å²) in [5.74, 6) is 0.231. The number of halogens is 1. The van der Waals surface area contributed by atoms with Crippen molar-refractivity contribution in [3.8, 4) is 0 Å². The molecule has 94 valence electrons. The summed E-state index contributed by atoms with van der Waals surface area (Å²) in [7, 11) is 1.65. The number of amides is 1. The van der Waals surface area contributed by atoms with E-state index < -0.39 is 0 Å². The molecule has 1 rings (SSSR count). The van der Waals surface area contributed by atoms with Crippen molar-refractivity contribution in [1.82, 2.24) is 9.88 Å². The maximum absolute atomic E-state index is 11.7. The normalized spacial score (nSPS) is 12.2. The van der Waals surface area contributed by atoms with Crippen molar-refractivity contribution in [2.24, 2.45) is 13.0 Å². The van der Waals surface area contributed by atoms with Gasteiger partial charge in [-0.05, 0) is 18.4 Å². The molecule has 1 aromatic heterocycles. The second-order valence-electron chi connectivity index (χ2n) is 4.16. The van der Waals surface area contributed by atoms with E-state index in [2.05, 4.69) is 28.2 Å². The number of carbonyl (C=O) groups is 1. The molecule has 1 amide bonds. The molecule has 1 unspecified atom stereocenters. The molecule has 0 aromatic carbocycles. The zero-order valence-electron chi connectivity index (χ0n) is 10.1. The Morgan fingerprint density at radius 2 is 2.29 bits per heavy atom. The summed E-state index contributed by atoms with van der Waals surface area (Å²) < 4.78 is 1.43. The summed E-state index contributed by atoms with van der Waals surface area (Å²) in [6, 6.07) is 3.00. The predicted octanol–water partition coefficient (Wildman–Crippen LogP) is 1.54. The minimum absolute atomic E-state index is 0.175. The van der Waals surface area contributed by atoms with E-state index in [4.69, 9.17) is 0 Å². The fourth-order valence-corrected chi connectivity index (χ4v) is 2.13. The number of nitrogens with one attached hydrogen (secondary N) is 1. The first kappa shape index (κ1) is 14.0. The number of carbonyl (C=O) groups excluding carboxylic acids is 1. The maximum atomic E-state index is 11.7. The number of alkyl halides is 1. The van der Waals surface area contributed by atoms with Crippen LogP contribution >= 0.6 is 15.9 Å². The fourth-order valence-electron chi connectivity index (χ4n) is 1.35. The van der Waals surface area contributed by atoms with E-state index in [0.29, 0.717) is 18.0 Å². The lowest BCUT2D eigenvalue weighted by Crippen LogP contribution is -2.29. The van der Waals surface area contributed by atoms with Crippen LogP contribution in [0.5, 0.6) is 0 Å². The molecule has 0 spiro atoms. The molecule has 1 aromatic rings. The molecule has 4 nitrogen and oxygen atoms in total. The zero-order chi connectivity index (χ0) is 12.8. The average Bonchev–Trinajstić information content (AvgIpc) is 2.30. The van der Waals surface area contributed by atoms with Crippen LogP contribution in [0, 0.1) is 5.92 Å². The monoisotopic (exact) mass is 300 g/mol. The van der Waals surface area contributed by atoms with Crippen molar-refractivity contribution in [3.05, 3.63) is 34.2 Å². The first-order valence-corrected chi connectivity index (χ1v) is 6.67. The third-order valence-corrected chi connectivity index (χ3v) is 3.04. The fraction of sp³-hybridized carbons (Fsp3) is 0.500. The van der Waals surface area contributed by atoms with Crippen LogP contribution in [0.2, 0.25) is 0 Å². The molecule has 0 aliphatic carbocycles. The molecule has 17 heavy (non-hydrogen) atoms. The second kappa shape index (κ2) is 6.59. The Hall–Kier alpha value is -1.10. The number of pyridine rings is 1.